The first-order valence-electron chi connectivity index (χ1n) is 6.23. The topological polar surface area (TPSA) is 26.3 Å². The maximum Gasteiger partial charge on any atom is 0.445 e. The van der Waals surface area contributed by atoms with E-state index in [2.05, 4.69) is 0 Å². The van der Waals surface area contributed by atoms with Crippen molar-refractivity contribution >= 4 is 23.5 Å². The molecule has 6 heteroatoms. The molecule has 0 amide bonds. The molecule has 0 spiro atoms. The Morgan fingerprint density at radius 1 is 0.909 bits per heavy atom. The zero-order valence-electron chi connectivity index (χ0n) is 11.2. The fraction of sp³-hybridized carbons (Fsp3) is 0.0625. The van der Waals surface area contributed by atoms with Crippen LogP contribution < -0.4 is 0 Å². The summed E-state index contributed by atoms with van der Waals surface area (Å²) in [5, 5.41) is 0.788. The maximum atomic E-state index is 12.4. The van der Waals surface area contributed by atoms with Crippen molar-refractivity contribution in [3.05, 3.63) is 77.2 Å². The third kappa shape index (κ3) is 4.96. The van der Waals surface area contributed by atoms with Crippen LogP contribution in [0.1, 0.15) is 15.9 Å². The van der Waals surface area contributed by atoms with Gasteiger partial charge in [0, 0.05) is 11.0 Å². The van der Waals surface area contributed by atoms with E-state index >= 15 is 0 Å². The van der Waals surface area contributed by atoms with Crippen molar-refractivity contribution in [1.29, 1.82) is 0 Å². The van der Waals surface area contributed by atoms with E-state index in [-0.39, 0.29) is 23.1 Å². The molecule has 2 aromatic carbocycles. The number of halogens is 3. The molecule has 114 valence electrons. The van der Waals surface area contributed by atoms with Crippen LogP contribution in [-0.4, -0.2) is 11.5 Å². The zero-order chi connectivity index (χ0) is 16.0. The van der Waals surface area contributed by atoms with Crippen LogP contribution in [0, 0.1) is 0 Å². The van der Waals surface area contributed by atoms with Gasteiger partial charge in [0.05, 0.1) is 5.56 Å². The van der Waals surface area contributed by atoms with Gasteiger partial charge in [-0.25, -0.2) is 4.79 Å². The molecule has 0 N–H and O–H groups in total. The first-order chi connectivity index (χ1) is 10.5. The molecule has 0 bridgehead atoms. The summed E-state index contributed by atoms with van der Waals surface area (Å²) in [6, 6.07) is 16.2. The molecule has 0 radical (unpaired) electrons. The minimum atomic E-state index is -4.45. The van der Waals surface area contributed by atoms with Crippen molar-refractivity contribution < 1.29 is 22.7 Å². The second kappa shape index (κ2) is 7.17. The summed E-state index contributed by atoms with van der Waals surface area (Å²) in [6.45, 7) is 0. The molecule has 0 fully saturated rings. The first kappa shape index (κ1) is 16.2. The van der Waals surface area contributed by atoms with Crippen LogP contribution in [0.25, 0.3) is 5.76 Å². The molecule has 0 saturated carbocycles. The molecule has 0 unspecified atom stereocenters. The summed E-state index contributed by atoms with van der Waals surface area (Å²) >= 11 is -0.366. The van der Waals surface area contributed by atoms with Crippen molar-refractivity contribution in [3.8, 4) is 0 Å². The van der Waals surface area contributed by atoms with Gasteiger partial charge < -0.3 is 4.74 Å². The predicted molar refractivity (Wildman–Crippen MR) is 79.9 cm³/mol. The van der Waals surface area contributed by atoms with Gasteiger partial charge in [-0.3, -0.25) is 0 Å². The highest BCUT2D eigenvalue weighted by atomic mass is 32.2. The average Bonchev–Trinajstić information content (AvgIpc) is 2.52. The van der Waals surface area contributed by atoms with E-state index in [4.69, 9.17) is 4.74 Å². The van der Waals surface area contributed by atoms with Crippen molar-refractivity contribution in [1.82, 2.24) is 0 Å². The third-order valence-electron chi connectivity index (χ3n) is 2.57. The highest BCUT2D eigenvalue weighted by Crippen LogP contribution is 2.34. The van der Waals surface area contributed by atoms with Gasteiger partial charge >= 0.3 is 11.5 Å². The molecule has 0 saturated heterocycles. The Balaban J connectivity index is 2.24. The molecule has 2 aromatic rings. The van der Waals surface area contributed by atoms with Crippen molar-refractivity contribution in [2.75, 3.05) is 0 Å². The van der Waals surface area contributed by atoms with Crippen LogP contribution in [0.2, 0.25) is 0 Å². The zero-order valence-corrected chi connectivity index (χ0v) is 12.0. The smallest absolute Gasteiger partial charge is 0.422 e. The van der Waals surface area contributed by atoms with Crippen LogP contribution in [0.5, 0.6) is 0 Å². The van der Waals surface area contributed by atoms with Gasteiger partial charge in [0.2, 0.25) is 0 Å². The molecule has 0 aromatic heterocycles. The largest absolute Gasteiger partial charge is 0.445 e. The van der Waals surface area contributed by atoms with E-state index in [0.717, 1.165) is 5.41 Å². The van der Waals surface area contributed by atoms with Crippen LogP contribution >= 0.6 is 11.8 Å². The van der Waals surface area contributed by atoms with Gasteiger partial charge in [-0.2, -0.15) is 13.2 Å². The number of hydrogen-bond acceptors (Lipinski definition) is 3. The molecular formula is C16H11F3O2S. The van der Waals surface area contributed by atoms with Crippen molar-refractivity contribution in [2.45, 2.75) is 5.51 Å². The summed E-state index contributed by atoms with van der Waals surface area (Å²) in [5.41, 5.74) is -3.79. The highest BCUT2D eigenvalue weighted by Gasteiger charge is 2.28. The maximum absolute atomic E-state index is 12.4. The van der Waals surface area contributed by atoms with Gasteiger partial charge in [0.15, 0.2) is 0 Å². The summed E-state index contributed by atoms with van der Waals surface area (Å²) in [5.74, 6) is -0.852. The second-order valence-corrected chi connectivity index (χ2v) is 5.10. The Labute approximate surface area is 129 Å². The third-order valence-corrected chi connectivity index (χ3v) is 3.17. The number of rotatable bonds is 4. The van der Waals surface area contributed by atoms with Gasteiger partial charge in [-0.15, -0.1) is 0 Å². The summed E-state index contributed by atoms with van der Waals surface area (Å²) in [4.78, 5) is 12.0. The van der Waals surface area contributed by atoms with Crippen LogP contribution in [0.15, 0.2) is 66.1 Å². The highest BCUT2D eigenvalue weighted by molar-refractivity contribution is 8.03. The fourth-order valence-corrected chi connectivity index (χ4v) is 2.03. The Morgan fingerprint density at radius 3 is 1.91 bits per heavy atom. The lowest BCUT2D eigenvalue weighted by molar-refractivity contribution is -0.0320. The Hall–Kier alpha value is -2.21. The molecule has 0 atom stereocenters. The van der Waals surface area contributed by atoms with E-state index in [1.807, 2.05) is 0 Å². The predicted octanol–water partition coefficient (Wildman–Crippen LogP) is 5.10. The minimum absolute atomic E-state index is 0.142. The SMILES string of the molecule is O=C(O/C(=C/SC(F)(F)F)c1ccccc1)c1ccccc1. The summed E-state index contributed by atoms with van der Waals surface area (Å²) < 4.78 is 42.2. The number of thioether (sulfide) groups is 1. The summed E-state index contributed by atoms with van der Waals surface area (Å²) in [6.07, 6.45) is 0. The van der Waals surface area contributed by atoms with Crippen LogP contribution in [0.3, 0.4) is 0 Å². The number of hydrogen-bond donors (Lipinski definition) is 0. The standard InChI is InChI=1S/C16H11F3O2S/c17-16(18,19)22-11-14(12-7-3-1-4-8-12)21-15(20)13-9-5-2-6-10-13/h1-11H/b14-11+. The number of carbonyl (C=O) groups excluding carboxylic acids is 1. The van der Waals surface area contributed by atoms with E-state index < -0.39 is 11.5 Å². The second-order valence-electron chi connectivity index (χ2n) is 4.17. The monoisotopic (exact) mass is 324 g/mol. The normalized spacial score (nSPS) is 12.0. The number of ether oxygens (including phenoxy) is 1. The lowest BCUT2D eigenvalue weighted by atomic mass is 10.2. The first-order valence-corrected chi connectivity index (χ1v) is 7.11. The molecule has 22 heavy (non-hydrogen) atoms. The van der Waals surface area contributed by atoms with E-state index in [9.17, 15) is 18.0 Å². The van der Waals surface area contributed by atoms with Crippen molar-refractivity contribution in [3.63, 3.8) is 0 Å². The van der Waals surface area contributed by atoms with E-state index in [1.54, 1.807) is 48.5 Å². The lowest BCUT2D eigenvalue weighted by Gasteiger charge is -2.10. The number of carbonyl (C=O) groups is 1. The molecule has 2 nitrogen and oxygen atoms in total. The molecule has 0 heterocycles. The Bertz CT molecular complexity index is 652. The minimum Gasteiger partial charge on any atom is -0.422 e. The number of esters is 1. The van der Waals surface area contributed by atoms with Crippen LogP contribution in [-0.2, 0) is 4.74 Å². The van der Waals surface area contributed by atoms with Gasteiger partial charge in [0.1, 0.15) is 5.76 Å². The Morgan fingerprint density at radius 2 is 1.41 bits per heavy atom. The Kier molecular flexibility index (Phi) is 5.27. The van der Waals surface area contributed by atoms with Gasteiger partial charge in [0.25, 0.3) is 0 Å². The molecule has 0 aliphatic carbocycles. The molecule has 2 rings (SSSR count). The molecular weight excluding hydrogens is 313 g/mol. The van der Waals surface area contributed by atoms with E-state index in [0.29, 0.717) is 5.56 Å². The number of benzene rings is 2. The van der Waals surface area contributed by atoms with Crippen molar-refractivity contribution in [2.24, 2.45) is 0 Å². The summed E-state index contributed by atoms with van der Waals surface area (Å²) in [7, 11) is 0. The fourth-order valence-electron chi connectivity index (χ4n) is 1.61. The number of alkyl halides is 3. The van der Waals surface area contributed by atoms with E-state index in [1.165, 1.54) is 12.1 Å². The van der Waals surface area contributed by atoms with Gasteiger partial charge in [-0.1, -0.05) is 48.5 Å². The average molecular weight is 324 g/mol. The van der Waals surface area contributed by atoms with Gasteiger partial charge in [-0.05, 0) is 23.9 Å². The molecule has 0 aliphatic rings. The lowest BCUT2D eigenvalue weighted by Crippen LogP contribution is -2.05. The van der Waals surface area contributed by atoms with Crippen LogP contribution in [0.4, 0.5) is 13.2 Å². The quantitative estimate of drug-likeness (QED) is 0.578. The molecule has 0 aliphatic heterocycles.